The lowest BCUT2D eigenvalue weighted by Crippen LogP contribution is -2.24. The zero-order chi connectivity index (χ0) is 19.9. The van der Waals surface area contributed by atoms with Crippen LogP contribution in [0.15, 0.2) is 59.2 Å². The van der Waals surface area contributed by atoms with Gasteiger partial charge < -0.3 is 14.8 Å². The van der Waals surface area contributed by atoms with Gasteiger partial charge in [-0.05, 0) is 64.8 Å². The van der Waals surface area contributed by atoms with Gasteiger partial charge >= 0.3 is 0 Å². The number of carbonyl (C=O) groups is 1. The van der Waals surface area contributed by atoms with Crippen LogP contribution in [-0.2, 0) is 20.2 Å². The highest BCUT2D eigenvalue weighted by Crippen LogP contribution is 2.19. The van der Waals surface area contributed by atoms with Crippen molar-refractivity contribution in [1.29, 1.82) is 0 Å². The molecule has 0 bridgehead atoms. The lowest BCUT2D eigenvalue weighted by molar-refractivity contribution is 0.0950. The molecule has 146 valence electrons. The van der Waals surface area contributed by atoms with Crippen molar-refractivity contribution in [2.24, 2.45) is 7.05 Å². The molecular weight excluding hydrogens is 422 g/mol. The number of nitrogens with one attached hydrogen (secondary N) is 1. The molecule has 3 aromatic rings. The lowest BCUT2D eigenvalue weighted by Gasteiger charge is -2.10. The Bertz CT molecular complexity index is 919. The van der Waals surface area contributed by atoms with Crippen molar-refractivity contribution < 1.29 is 14.3 Å². The summed E-state index contributed by atoms with van der Waals surface area (Å²) in [6.45, 7) is 3.35. The van der Waals surface area contributed by atoms with E-state index in [0.29, 0.717) is 25.3 Å². The fraction of sp³-hybridized carbons (Fsp3) is 0.238. The van der Waals surface area contributed by atoms with Crippen LogP contribution in [0, 0.1) is 0 Å². The Labute approximate surface area is 172 Å². The van der Waals surface area contributed by atoms with Gasteiger partial charge in [-0.3, -0.25) is 9.48 Å². The summed E-state index contributed by atoms with van der Waals surface area (Å²) in [6.07, 6.45) is 1.71. The zero-order valence-electron chi connectivity index (χ0n) is 15.8. The number of halogens is 1. The van der Waals surface area contributed by atoms with Crippen molar-refractivity contribution in [3.05, 3.63) is 76.0 Å². The second-order valence-electron chi connectivity index (χ2n) is 6.14. The molecule has 0 aliphatic heterocycles. The fourth-order valence-corrected chi connectivity index (χ4v) is 3.16. The molecule has 0 radical (unpaired) electrons. The molecule has 2 aromatic carbocycles. The second-order valence-corrected chi connectivity index (χ2v) is 6.99. The number of aryl methyl sites for hydroxylation is 1. The van der Waals surface area contributed by atoms with Crippen molar-refractivity contribution in [2.75, 3.05) is 6.61 Å². The largest absolute Gasteiger partial charge is 0.494 e. The van der Waals surface area contributed by atoms with Crippen LogP contribution in [-0.4, -0.2) is 22.3 Å². The van der Waals surface area contributed by atoms with E-state index in [-0.39, 0.29) is 5.91 Å². The normalized spacial score (nSPS) is 10.5. The molecule has 1 aromatic heterocycles. The van der Waals surface area contributed by atoms with Gasteiger partial charge in [-0.15, -0.1) is 0 Å². The third-order valence-corrected chi connectivity index (χ3v) is 4.82. The Kier molecular flexibility index (Phi) is 6.71. The summed E-state index contributed by atoms with van der Waals surface area (Å²) in [5, 5.41) is 7.06. The molecule has 0 unspecified atom stereocenters. The van der Waals surface area contributed by atoms with Crippen molar-refractivity contribution in [1.82, 2.24) is 15.1 Å². The molecule has 0 saturated heterocycles. The lowest BCUT2D eigenvalue weighted by atomic mass is 10.1. The van der Waals surface area contributed by atoms with Gasteiger partial charge in [0.15, 0.2) is 0 Å². The minimum atomic E-state index is -0.143. The summed E-state index contributed by atoms with van der Waals surface area (Å²) >= 11 is 3.43. The summed E-state index contributed by atoms with van der Waals surface area (Å²) in [7, 11) is 1.84. The first-order chi connectivity index (χ1) is 13.6. The van der Waals surface area contributed by atoms with E-state index in [1.807, 2.05) is 56.4 Å². The molecule has 1 N–H and O–H groups in total. The van der Waals surface area contributed by atoms with Crippen molar-refractivity contribution in [3.8, 4) is 11.5 Å². The molecule has 0 aliphatic rings. The molecule has 7 heteroatoms. The van der Waals surface area contributed by atoms with Crippen LogP contribution in [0.2, 0.25) is 0 Å². The number of ether oxygens (including phenoxy) is 2. The number of hydrogen-bond acceptors (Lipinski definition) is 4. The molecule has 0 spiro atoms. The average Bonchev–Trinajstić information content (AvgIpc) is 3.03. The first-order valence-electron chi connectivity index (χ1n) is 8.96. The predicted octanol–water partition coefficient (Wildman–Crippen LogP) is 4.09. The minimum absolute atomic E-state index is 0.143. The van der Waals surface area contributed by atoms with Gasteiger partial charge in [0.1, 0.15) is 18.1 Å². The summed E-state index contributed by atoms with van der Waals surface area (Å²) < 4.78 is 13.8. The quantitative estimate of drug-likeness (QED) is 0.569. The highest BCUT2D eigenvalue weighted by Gasteiger charge is 2.10. The molecule has 6 nitrogen and oxygen atoms in total. The number of rotatable bonds is 8. The highest BCUT2D eigenvalue weighted by molar-refractivity contribution is 9.10. The Balaban J connectivity index is 1.57. The molecule has 1 amide bonds. The number of benzene rings is 2. The summed E-state index contributed by atoms with van der Waals surface area (Å²) in [4.78, 5) is 12.5. The van der Waals surface area contributed by atoms with Gasteiger partial charge in [0.2, 0.25) is 0 Å². The number of amides is 1. The van der Waals surface area contributed by atoms with Crippen LogP contribution in [0.5, 0.6) is 11.5 Å². The molecule has 0 atom stereocenters. The van der Waals surface area contributed by atoms with Crippen LogP contribution in [0.4, 0.5) is 0 Å². The maximum Gasteiger partial charge on any atom is 0.251 e. The van der Waals surface area contributed by atoms with Gasteiger partial charge in [-0.1, -0.05) is 12.1 Å². The molecule has 1 heterocycles. The van der Waals surface area contributed by atoms with Gasteiger partial charge in [0.05, 0.1) is 29.5 Å². The van der Waals surface area contributed by atoms with Crippen molar-refractivity contribution in [2.45, 2.75) is 20.1 Å². The van der Waals surface area contributed by atoms with Crippen LogP contribution < -0.4 is 14.8 Å². The smallest absolute Gasteiger partial charge is 0.251 e. The number of hydrogen-bond donors (Lipinski definition) is 1. The Morgan fingerprint density at radius 2 is 1.86 bits per heavy atom. The van der Waals surface area contributed by atoms with Crippen LogP contribution in [0.3, 0.4) is 0 Å². The Hall–Kier alpha value is -2.80. The maximum atomic E-state index is 12.5. The summed E-state index contributed by atoms with van der Waals surface area (Å²) in [5.74, 6) is 1.42. The minimum Gasteiger partial charge on any atom is -0.494 e. The van der Waals surface area contributed by atoms with E-state index in [1.165, 1.54) is 0 Å². The molecule has 0 fully saturated rings. The maximum absolute atomic E-state index is 12.5. The third kappa shape index (κ3) is 5.13. The van der Waals surface area contributed by atoms with Gasteiger partial charge in [0.25, 0.3) is 5.91 Å². The van der Waals surface area contributed by atoms with Crippen LogP contribution in [0.1, 0.15) is 28.5 Å². The van der Waals surface area contributed by atoms with E-state index in [4.69, 9.17) is 9.47 Å². The van der Waals surface area contributed by atoms with E-state index in [0.717, 1.165) is 27.2 Å². The fourth-order valence-electron chi connectivity index (χ4n) is 2.67. The summed E-state index contributed by atoms with van der Waals surface area (Å²) in [5.41, 5.74) is 2.41. The van der Waals surface area contributed by atoms with Crippen molar-refractivity contribution in [3.63, 3.8) is 0 Å². The SMILES string of the molecule is CCOc1ccc(OCc2cccc(C(=O)NCc3c(Br)cnn3C)c2)cc1. The number of carbonyl (C=O) groups excluding carboxylic acids is 1. The standard InChI is InChI=1S/C21H22BrN3O3/c1-3-27-17-7-9-18(10-8-17)28-14-15-5-4-6-16(11-15)21(26)23-13-20-19(22)12-24-25(20)2/h4-12H,3,13-14H2,1-2H3,(H,23,26). The zero-order valence-corrected chi connectivity index (χ0v) is 17.4. The summed E-state index contributed by atoms with van der Waals surface area (Å²) in [6, 6.07) is 14.9. The van der Waals surface area contributed by atoms with E-state index in [1.54, 1.807) is 16.9 Å². The van der Waals surface area contributed by atoms with E-state index < -0.39 is 0 Å². The first-order valence-corrected chi connectivity index (χ1v) is 9.75. The van der Waals surface area contributed by atoms with Crippen LogP contribution in [0.25, 0.3) is 0 Å². The van der Waals surface area contributed by atoms with Gasteiger partial charge in [0, 0.05) is 12.6 Å². The van der Waals surface area contributed by atoms with Crippen molar-refractivity contribution >= 4 is 21.8 Å². The average molecular weight is 444 g/mol. The molecular formula is C21H22BrN3O3. The number of aromatic nitrogens is 2. The molecule has 0 saturated carbocycles. The first kappa shape index (κ1) is 19.9. The third-order valence-electron chi connectivity index (χ3n) is 4.16. The highest BCUT2D eigenvalue weighted by atomic mass is 79.9. The molecule has 3 rings (SSSR count). The monoisotopic (exact) mass is 443 g/mol. The number of nitrogens with zero attached hydrogens (tertiary/aromatic N) is 2. The van der Waals surface area contributed by atoms with Gasteiger partial charge in [-0.2, -0.15) is 5.10 Å². The molecule has 0 aliphatic carbocycles. The van der Waals surface area contributed by atoms with Gasteiger partial charge in [-0.25, -0.2) is 0 Å². The predicted molar refractivity (Wildman–Crippen MR) is 110 cm³/mol. The Morgan fingerprint density at radius 1 is 1.14 bits per heavy atom. The molecule has 28 heavy (non-hydrogen) atoms. The Morgan fingerprint density at radius 3 is 2.50 bits per heavy atom. The second kappa shape index (κ2) is 9.41. The van der Waals surface area contributed by atoms with E-state index in [9.17, 15) is 4.79 Å². The topological polar surface area (TPSA) is 65.4 Å². The van der Waals surface area contributed by atoms with Crippen LogP contribution >= 0.6 is 15.9 Å². The van der Waals surface area contributed by atoms with E-state index in [2.05, 4.69) is 26.3 Å². The van der Waals surface area contributed by atoms with E-state index >= 15 is 0 Å².